The third-order valence-electron chi connectivity index (χ3n) is 3.78. The minimum atomic E-state index is -5.85. The molecule has 2 aromatic carbocycles. The van der Waals surface area contributed by atoms with E-state index in [4.69, 9.17) is 11.5 Å². The molecule has 136 valence electrons. The summed E-state index contributed by atoms with van der Waals surface area (Å²) in [6.07, 6.45) is -11.7. The van der Waals surface area contributed by atoms with Gasteiger partial charge in [-0.2, -0.15) is 26.3 Å². The van der Waals surface area contributed by atoms with Crippen molar-refractivity contribution in [3.63, 3.8) is 0 Å². The molecule has 0 amide bonds. The molecule has 25 heavy (non-hydrogen) atoms. The minimum Gasteiger partial charge on any atom is -0.506 e. The molecule has 0 aromatic heterocycles. The highest BCUT2D eigenvalue weighted by Crippen LogP contribution is 2.57. The number of rotatable bonds is 2. The maximum Gasteiger partial charge on any atom is 0.411 e. The van der Waals surface area contributed by atoms with Gasteiger partial charge in [-0.1, -0.05) is 12.1 Å². The minimum absolute atomic E-state index is 0.295. The second kappa shape index (κ2) is 5.64. The summed E-state index contributed by atoms with van der Waals surface area (Å²) >= 11 is 0. The first-order valence-electron chi connectivity index (χ1n) is 6.63. The van der Waals surface area contributed by atoms with E-state index in [1.807, 2.05) is 0 Å². The van der Waals surface area contributed by atoms with Crippen molar-refractivity contribution in [2.24, 2.45) is 0 Å². The Labute approximate surface area is 137 Å². The van der Waals surface area contributed by atoms with Crippen LogP contribution in [0.1, 0.15) is 11.1 Å². The lowest BCUT2D eigenvalue weighted by molar-refractivity contribution is -0.288. The molecule has 0 atom stereocenters. The number of benzene rings is 2. The van der Waals surface area contributed by atoms with Crippen molar-refractivity contribution in [3.05, 3.63) is 47.5 Å². The number of halogens is 6. The molecular formula is C15H12F6N2O2. The van der Waals surface area contributed by atoms with Crippen LogP contribution in [0.2, 0.25) is 0 Å². The quantitative estimate of drug-likeness (QED) is 0.371. The molecule has 0 bridgehead atoms. The van der Waals surface area contributed by atoms with Crippen LogP contribution in [0.3, 0.4) is 0 Å². The van der Waals surface area contributed by atoms with Gasteiger partial charge in [-0.15, -0.1) is 0 Å². The molecule has 6 N–H and O–H groups in total. The molecule has 0 saturated carbocycles. The Morgan fingerprint density at radius 3 is 1.20 bits per heavy atom. The number of anilines is 2. The number of nitrogens with two attached hydrogens (primary N) is 2. The van der Waals surface area contributed by atoms with E-state index in [2.05, 4.69) is 0 Å². The lowest BCUT2D eigenvalue weighted by atomic mass is 9.72. The fraction of sp³-hybridized carbons (Fsp3) is 0.200. The van der Waals surface area contributed by atoms with E-state index in [1.54, 1.807) is 0 Å². The second-order valence-corrected chi connectivity index (χ2v) is 5.29. The van der Waals surface area contributed by atoms with E-state index in [0.29, 0.717) is 24.3 Å². The summed E-state index contributed by atoms with van der Waals surface area (Å²) in [5.74, 6) is -1.87. The van der Waals surface area contributed by atoms with Crippen molar-refractivity contribution in [3.8, 4) is 11.5 Å². The number of phenols is 2. The Bertz CT molecular complexity index is 734. The van der Waals surface area contributed by atoms with Crippen molar-refractivity contribution in [1.29, 1.82) is 0 Å². The fourth-order valence-electron chi connectivity index (χ4n) is 2.54. The third kappa shape index (κ3) is 2.77. The van der Waals surface area contributed by atoms with Crippen LogP contribution in [0.5, 0.6) is 11.5 Å². The smallest absolute Gasteiger partial charge is 0.411 e. The average molecular weight is 366 g/mol. The summed E-state index contributed by atoms with van der Waals surface area (Å²) in [6.45, 7) is 0. The first-order valence-corrected chi connectivity index (χ1v) is 6.63. The van der Waals surface area contributed by atoms with Gasteiger partial charge >= 0.3 is 12.4 Å². The Kier molecular flexibility index (Phi) is 4.19. The van der Waals surface area contributed by atoms with Gasteiger partial charge < -0.3 is 21.7 Å². The first kappa shape index (κ1) is 18.6. The van der Waals surface area contributed by atoms with E-state index >= 15 is 0 Å². The Morgan fingerprint density at radius 1 is 0.640 bits per heavy atom. The largest absolute Gasteiger partial charge is 0.506 e. The molecule has 0 heterocycles. The molecule has 2 rings (SSSR count). The lowest BCUT2D eigenvalue weighted by Crippen LogP contribution is -2.54. The summed E-state index contributed by atoms with van der Waals surface area (Å²) in [5.41, 5.74) is 2.65. The molecule has 0 unspecified atom stereocenters. The van der Waals surface area contributed by atoms with Gasteiger partial charge in [0.1, 0.15) is 11.5 Å². The van der Waals surface area contributed by atoms with Crippen LogP contribution in [0.15, 0.2) is 36.4 Å². The predicted molar refractivity (Wildman–Crippen MR) is 77.9 cm³/mol. The van der Waals surface area contributed by atoms with E-state index in [0.717, 1.165) is 12.1 Å². The fourth-order valence-corrected chi connectivity index (χ4v) is 2.54. The zero-order chi connectivity index (χ0) is 19.2. The van der Waals surface area contributed by atoms with Crippen molar-refractivity contribution in [1.82, 2.24) is 0 Å². The van der Waals surface area contributed by atoms with Crippen molar-refractivity contribution in [2.75, 3.05) is 11.5 Å². The molecule has 0 aliphatic carbocycles. The summed E-state index contributed by atoms with van der Waals surface area (Å²) in [4.78, 5) is 0. The number of hydrogen-bond acceptors (Lipinski definition) is 4. The van der Waals surface area contributed by atoms with Crippen molar-refractivity contribution < 1.29 is 36.6 Å². The topological polar surface area (TPSA) is 92.5 Å². The molecule has 0 radical (unpaired) electrons. The van der Waals surface area contributed by atoms with Crippen LogP contribution in [-0.4, -0.2) is 22.6 Å². The van der Waals surface area contributed by atoms with E-state index in [9.17, 15) is 36.6 Å². The van der Waals surface area contributed by atoms with Crippen LogP contribution in [0, 0.1) is 0 Å². The van der Waals surface area contributed by atoms with E-state index < -0.39 is 40.4 Å². The highest BCUT2D eigenvalue weighted by Gasteiger charge is 2.72. The molecule has 4 nitrogen and oxygen atoms in total. The highest BCUT2D eigenvalue weighted by molar-refractivity contribution is 5.60. The van der Waals surface area contributed by atoms with Crippen LogP contribution >= 0.6 is 0 Å². The Hall–Kier alpha value is -2.78. The SMILES string of the molecule is Nc1ccc(C(c2ccc(N)c(O)c2)(C(F)(F)F)C(F)(F)F)cc1O. The number of alkyl halides is 6. The summed E-state index contributed by atoms with van der Waals surface area (Å²) in [7, 11) is 0. The number of nitrogen functional groups attached to an aromatic ring is 2. The highest BCUT2D eigenvalue weighted by atomic mass is 19.4. The molecule has 2 aromatic rings. The van der Waals surface area contributed by atoms with Crippen LogP contribution in [0.4, 0.5) is 37.7 Å². The van der Waals surface area contributed by atoms with Gasteiger partial charge in [0.05, 0.1) is 11.4 Å². The number of aromatic hydroxyl groups is 2. The van der Waals surface area contributed by atoms with Gasteiger partial charge in [-0.25, -0.2) is 0 Å². The molecule has 0 saturated heterocycles. The van der Waals surface area contributed by atoms with Crippen LogP contribution in [-0.2, 0) is 5.41 Å². The first-order chi connectivity index (χ1) is 11.3. The zero-order valence-electron chi connectivity index (χ0n) is 12.3. The molecule has 10 heteroatoms. The van der Waals surface area contributed by atoms with Gasteiger partial charge in [-0.05, 0) is 35.4 Å². The maximum absolute atomic E-state index is 13.8. The van der Waals surface area contributed by atoms with Gasteiger partial charge in [0.2, 0.25) is 5.41 Å². The van der Waals surface area contributed by atoms with Crippen LogP contribution in [0.25, 0.3) is 0 Å². The van der Waals surface area contributed by atoms with E-state index in [-0.39, 0.29) is 11.4 Å². The monoisotopic (exact) mass is 366 g/mol. The third-order valence-corrected chi connectivity index (χ3v) is 3.78. The van der Waals surface area contributed by atoms with Crippen LogP contribution < -0.4 is 11.5 Å². The summed E-state index contributed by atoms with van der Waals surface area (Å²) in [5, 5.41) is 19.0. The summed E-state index contributed by atoms with van der Waals surface area (Å²) in [6, 6.07) is 3.09. The average Bonchev–Trinajstić information content (AvgIpc) is 2.44. The predicted octanol–water partition coefficient (Wildman–Crippen LogP) is 3.67. The molecular weight excluding hydrogens is 354 g/mol. The van der Waals surface area contributed by atoms with Crippen molar-refractivity contribution in [2.45, 2.75) is 17.8 Å². The van der Waals surface area contributed by atoms with Crippen molar-refractivity contribution >= 4 is 11.4 Å². The normalized spacial score (nSPS) is 13.0. The maximum atomic E-state index is 13.8. The molecule has 0 aliphatic rings. The Morgan fingerprint density at radius 2 is 0.960 bits per heavy atom. The zero-order valence-corrected chi connectivity index (χ0v) is 12.3. The number of phenolic OH excluding ortho intramolecular Hbond substituents is 2. The summed E-state index contributed by atoms with van der Waals surface area (Å²) < 4.78 is 82.6. The molecule has 0 spiro atoms. The van der Waals surface area contributed by atoms with Gasteiger partial charge in [-0.3, -0.25) is 0 Å². The van der Waals surface area contributed by atoms with Gasteiger partial charge in [0.25, 0.3) is 0 Å². The van der Waals surface area contributed by atoms with Gasteiger partial charge in [0, 0.05) is 0 Å². The number of hydrogen-bond donors (Lipinski definition) is 4. The van der Waals surface area contributed by atoms with E-state index in [1.165, 1.54) is 0 Å². The lowest BCUT2D eigenvalue weighted by Gasteiger charge is -2.38. The van der Waals surface area contributed by atoms with Gasteiger partial charge in [0.15, 0.2) is 0 Å². The molecule has 0 aliphatic heterocycles. The Balaban J connectivity index is 2.96. The second-order valence-electron chi connectivity index (χ2n) is 5.29. The standard InChI is InChI=1S/C15H12F6N2O2/c16-14(17,18)13(15(19,20)21,7-1-3-9(22)11(24)5-7)8-2-4-10(23)12(25)6-8/h1-6,24-25H,22-23H2. The molecule has 0 fully saturated rings.